The summed E-state index contributed by atoms with van der Waals surface area (Å²) in [4.78, 5) is 35.0. The Bertz CT molecular complexity index is 1130. The molecule has 32 heavy (non-hydrogen) atoms. The molecule has 11 heteroatoms. The fraction of sp³-hybridized carbons (Fsp3) is 0.333. The van der Waals surface area contributed by atoms with Gasteiger partial charge in [0.05, 0.1) is 5.02 Å². The summed E-state index contributed by atoms with van der Waals surface area (Å²) in [5.41, 5.74) is 4.59. The van der Waals surface area contributed by atoms with E-state index in [1.807, 2.05) is 0 Å². The van der Waals surface area contributed by atoms with E-state index in [0.29, 0.717) is 11.4 Å². The van der Waals surface area contributed by atoms with Gasteiger partial charge >= 0.3 is 0 Å². The molecule has 3 atom stereocenters. The maximum Gasteiger partial charge on any atom is 0.274 e. The average Bonchev–Trinajstić information content (AvgIpc) is 3.50. The number of amidine groups is 1. The van der Waals surface area contributed by atoms with Gasteiger partial charge in [0, 0.05) is 37.5 Å². The highest BCUT2D eigenvalue weighted by Crippen LogP contribution is 2.66. The standard InChI is InChI=1S/C21H20ClF2N5O2S/c1-29(2)18(31)21-8-16(21)20(10-23,28-19(25)32-21)13-7-12(4-5-14(13)24)27-17(30)15-6-3-11(22)9-26-15/h3-7,9,16H,8,10H2,1-2H3,(H2,25,28)(H,27,30)/t16-,20+,21-/m0/s1. The molecule has 1 aromatic heterocycles. The van der Waals surface area contributed by atoms with Crippen molar-refractivity contribution in [2.45, 2.75) is 16.7 Å². The molecule has 2 aromatic rings. The fourth-order valence-electron chi connectivity index (χ4n) is 4.14. The number of halogens is 3. The highest BCUT2D eigenvalue weighted by atomic mass is 35.5. The van der Waals surface area contributed by atoms with Crippen molar-refractivity contribution in [3.05, 3.63) is 58.6 Å². The van der Waals surface area contributed by atoms with E-state index in [4.69, 9.17) is 17.3 Å². The van der Waals surface area contributed by atoms with Crippen LogP contribution in [0, 0.1) is 11.7 Å². The second kappa shape index (κ2) is 8.00. The number of thioether (sulfide) groups is 1. The minimum absolute atomic E-state index is 0.0193. The maximum absolute atomic E-state index is 15.0. The lowest BCUT2D eigenvalue weighted by Gasteiger charge is -2.35. The molecule has 2 aliphatic rings. The number of anilines is 1. The summed E-state index contributed by atoms with van der Waals surface area (Å²) >= 11 is 6.88. The van der Waals surface area contributed by atoms with Gasteiger partial charge in [-0.1, -0.05) is 23.4 Å². The Kier molecular flexibility index (Phi) is 5.62. The molecule has 3 N–H and O–H groups in total. The number of hydrogen-bond donors (Lipinski definition) is 2. The van der Waals surface area contributed by atoms with Crippen LogP contribution in [0.2, 0.25) is 5.02 Å². The summed E-state index contributed by atoms with van der Waals surface area (Å²) in [6.45, 7) is -1.05. The molecule has 2 heterocycles. The van der Waals surface area contributed by atoms with Gasteiger partial charge in [-0.05, 0) is 36.8 Å². The van der Waals surface area contributed by atoms with Crippen molar-refractivity contribution in [3.8, 4) is 0 Å². The zero-order valence-corrected chi connectivity index (χ0v) is 18.8. The summed E-state index contributed by atoms with van der Waals surface area (Å²) < 4.78 is 28.6. The first-order valence-electron chi connectivity index (χ1n) is 9.68. The molecule has 7 nitrogen and oxygen atoms in total. The van der Waals surface area contributed by atoms with E-state index in [0.717, 1.165) is 17.8 Å². The highest BCUT2D eigenvalue weighted by molar-refractivity contribution is 8.15. The third-order valence-corrected chi connectivity index (χ3v) is 7.22. The van der Waals surface area contributed by atoms with Crippen LogP contribution in [0.1, 0.15) is 22.5 Å². The average molecular weight is 480 g/mol. The lowest BCUT2D eigenvalue weighted by molar-refractivity contribution is -0.129. The molecule has 0 saturated heterocycles. The van der Waals surface area contributed by atoms with Crippen LogP contribution in [0.3, 0.4) is 0 Å². The number of carbonyl (C=O) groups excluding carboxylic acids is 2. The minimum atomic E-state index is -1.66. The molecular weight excluding hydrogens is 460 g/mol. The normalized spacial score (nSPS) is 26.0. The number of nitrogens with two attached hydrogens (primary N) is 1. The molecule has 168 valence electrons. The largest absolute Gasteiger partial charge is 0.378 e. The number of hydrogen-bond acceptors (Lipinski definition) is 6. The number of fused-ring (bicyclic) bond motifs is 1. The molecule has 4 rings (SSSR count). The number of nitrogens with one attached hydrogen (secondary N) is 1. The number of nitrogens with zero attached hydrogens (tertiary/aromatic N) is 3. The third kappa shape index (κ3) is 3.61. The Labute approximate surface area is 192 Å². The van der Waals surface area contributed by atoms with Crippen molar-refractivity contribution in [1.29, 1.82) is 0 Å². The predicted molar refractivity (Wildman–Crippen MR) is 120 cm³/mol. The van der Waals surface area contributed by atoms with Crippen LogP contribution in [-0.2, 0) is 10.3 Å². The van der Waals surface area contributed by atoms with Gasteiger partial charge in [0.25, 0.3) is 5.91 Å². The van der Waals surface area contributed by atoms with Crippen LogP contribution in [-0.4, -0.2) is 52.4 Å². The Morgan fingerprint density at radius 3 is 2.72 bits per heavy atom. The third-order valence-electron chi connectivity index (χ3n) is 5.71. The van der Waals surface area contributed by atoms with E-state index in [-0.39, 0.29) is 28.0 Å². The molecule has 1 aromatic carbocycles. The fourth-order valence-corrected chi connectivity index (χ4v) is 5.69. The quantitative estimate of drug-likeness (QED) is 0.686. The Morgan fingerprint density at radius 1 is 1.34 bits per heavy atom. The molecular formula is C21H20ClF2N5O2S. The van der Waals surface area contributed by atoms with E-state index >= 15 is 0 Å². The summed E-state index contributed by atoms with van der Waals surface area (Å²) in [7, 11) is 3.21. The first-order valence-corrected chi connectivity index (χ1v) is 10.9. The van der Waals surface area contributed by atoms with Gasteiger partial charge in [0.2, 0.25) is 5.91 Å². The lowest BCUT2D eigenvalue weighted by atomic mass is 9.84. The van der Waals surface area contributed by atoms with Gasteiger partial charge in [0.1, 0.15) is 28.5 Å². The zero-order valence-electron chi connectivity index (χ0n) is 17.2. The summed E-state index contributed by atoms with van der Waals surface area (Å²) in [6.07, 6.45) is 1.64. The smallest absolute Gasteiger partial charge is 0.274 e. The number of aliphatic imine (C=N–C) groups is 1. The molecule has 2 amide bonds. The summed E-state index contributed by atoms with van der Waals surface area (Å²) in [5, 5.41) is 3.02. The first-order chi connectivity index (χ1) is 15.1. The minimum Gasteiger partial charge on any atom is -0.378 e. The summed E-state index contributed by atoms with van der Waals surface area (Å²) in [5.74, 6) is -2.04. The molecule has 0 spiro atoms. The van der Waals surface area contributed by atoms with E-state index in [1.165, 1.54) is 35.4 Å². The van der Waals surface area contributed by atoms with Crippen molar-refractivity contribution < 1.29 is 18.4 Å². The van der Waals surface area contributed by atoms with Gasteiger partial charge in [0.15, 0.2) is 5.17 Å². The number of pyridine rings is 1. The van der Waals surface area contributed by atoms with Crippen LogP contribution in [0.15, 0.2) is 41.5 Å². The topological polar surface area (TPSA) is 101 Å². The predicted octanol–water partition coefficient (Wildman–Crippen LogP) is 3.20. The Balaban J connectivity index is 1.71. The van der Waals surface area contributed by atoms with Crippen molar-refractivity contribution in [1.82, 2.24) is 9.88 Å². The van der Waals surface area contributed by atoms with E-state index in [2.05, 4.69) is 15.3 Å². The Morgan fingerprint density at radius 2 is 2.09 bits per heavy atom. The molecule has 1 aliphatic heterocycles. The van der Waals surface area contributed by atoms with Crippen molar-refractivity contribution in [2.24, 2.45) is 16.6 Å². The van der Waals surface area contributed by atoms with Crippen molar-refractivity contribution in [3.63, 3.8) is 0 Å². The van der Waals surface area contributed by atoms with Crippen LogP contribution in [0.25, 0.3) is 0 Å². The second-order valence-electron chi connectivity index (χ2n) is 7.97. The maximum atomic E-state index is 15.0. The number of carbonyl (C=O) groups is 2. The van der Waals surface area contributed by atoms with E-state index in [9.17, 15) is 18.4 Å². The van der Waals surface area contributed by atoms with Gasteiger partial charge in [-0.15, -0.1) is 0 Å². The van der Waals surface area contributed by atoms with Gasteiger partial charge < -0.3 is 16.0 Å². The van der Waals surface area contributed by atoms with E-state index in [1.54, 1.807) is 14.1 Å². The lowest BCUT2D eigenvalue weighted by Crippen LogP contribution is -2.45. The van der Waals surface area contributed by atoms with Crippen LogP contribution >= 0.6 is 23.4 Å². The number of aromatic nitrogens is 1. The highest BCUT2D eigenvalue weighted by Gasteiger charge is 2.72. The van der Waals surface area contributed by atoms with Gasteiger partial charge in [-0.3, -0.25) is 9.59 Å². The number of amides is 2. The van der Waals surface area contributed by atoms with Gasteiger partial charge in [-0.2, -0.15) is 0 Å². The zero-order chi connectivity index (χ0) is 23.3. The molecule has 0 bridgehead atoms. The SMILES string of the molecule is CN(C)C(=O)[C@]12C[C@H]1[C@@](CF)(c1cc(NC(=O)c3ccc(Cl)cn3)ccc1F)N=C(N)S2. The summed E-state index contributed by atoms with van der Waals surface area (Å²) in [6, 6.07) is 6.78. The van der Waals surface area contributed by atoms with Crippen LogP contribution in [0.4, 0.5) is 14.5 Å². The number of alkyl halides is 1. The molecule has 1 fully saturated rings. The molecule has 1 aliphatic carbocycles. The van der Waals surface area contributed by atoms with Crippen LogP contribution < -0.4 is 11.1 Å². The van der Waals surface area contributed by atoms with Gasteiger partial charge in [-0.25, -0.2) is 18.8 Å². The van der Waals surface area contributed by atoms with Crippen molar-refractivity contribution in [2.75, 3.05) is 26.1 Å². The van der Waals surface area contributed by atoms with E-state index < -0.39 is 34.6 Å². The second-order valence-corrected chi connectivity index (χ2v) is 9.75. The molecule has 1 saturated carbocycles. The van der Waals surface area contributed by atoms with Crippen LogP contribution in [0.5, 0.6) is 0 Å². The Hall–Kier alpha value is -2.72. The monoisotopic (exact) mass is 479 g/mol. The molecule has 0 radical (unpaired) electrons. The number of benzene rings is 1. The first kappa shape index (κ1) is 22.5. The number of rotatable bonds is 5. The molecule has 0 unspecified atom stereocenters. The van der Waals surface area contributed by atoms with Crippen molar-refractivity contribution >= 4 is 46.0 Å².